The first kappa shape index (κ1) is 24.5. The minimum absolute atomic E-state index is 0.127. The lowest BCUT2D eigenvalue weighted by molar-refractivity contribution is -0.130. The fraction of sp³-hybridized carbons (Fsp3) is 0.345. The molecule has 0 fully saturated rings. The number of likely N-dealkylation sites (N-methyl/N-ethyl adjacent to an activating group) is 1. The summed E-state index contributed by atoms with van der Waals surface area (Å²) in [5.74, 6) is 1.05. The van der Waals surface area contributed by atoms with Crippen molar-refractivity contribution in [3.05, 3.63) is 102 Å². The van der Waals surface area contributed by atoms with E-state index in [9.17, 15) is 4.79 Å². The molecule has 0 aliphatic carbocycles. The van der Waals surface area contributed by atoms with Gasteiger partial charge in [0.05, 0.1) is 13.2 Å². The summed E-state index contributed by atoms with van der Waals surface area (Å²) in [5.41, 5.74) is 3.86. The number of carbonyl (C=O) groups excluding carboxylic acids is 1. The lowest BCUT2D eigenvalue weighted by Gasteiger charge is -2.23. The van der Waals surface area contributed by atoms with Crippen LogP contribution in [-0.4, -0.2) is 49.5 Å². The van der Waals surface area contributed by atoms with Crippen LogP contribution >= 0.6 is 0 Å². The number of hydrogen-bond acceptors (Lipinski definition) is 3. The van der Waals surface area contributed by atoms with E-state index < -0.39 is 0 Å². The summed E-state index contributed by atoms with van der Waals surface area (Å²) in [6.45, 7) is 2.76. The van der Waals surface area contributed by atoms with Crippen LogP contribution < -0.4 is 4.74 Å². The third kappa shape index (κ3) is 9.11. The highest BCUT2D eigenvalue weighted by Crippen LogP contribution is 2.15. The molecule has 0 atom stereocenters. The van der Waals surface area contributed by atoms with Crippen LogP contribution in [0.4, 0.5) is 0 Å². The zero-order valence-electron chi connectivity index (χ0n) is 20.0. The summed E-state index contributed by atoms with van der Waals surface area (Å²) in [6, 6.07) is 29.3. The summed E-state index contributed by atoms with van der Waals surface area (Å²) >= 11 is 0. The minimum atomic E-state index is 0.127. The van der Waals surface area contributed by atoms with Gasteiger partial charge in [0.1, 0.15) is 5.75 Å². The van der Waals surface area contributed by atoms with Crippen molar-refractivity contribution in [2.45, 2.75) is 32.2 Å². The van der Waals surface area contributed by atoms with Gasteiger partial charge in [-0.1, -0.05) is 72.8 Å². The van der Waals surface area contributed by atoms with Gasteiger partial charge in [-0.3, -0.25) is 9.69 Å². The highest BCUT2D eigenvalue weighted by molar-refractivity contribution is 5.77. The highest BCUT2D eigenvalue weighted by Gasteiger charge is 2.13. The van der Waals surface area contributed by atoms with E-state index in [1.54, 1.807) is 4.90 Å². The van der Waals surface area contributed by atoms with Crippen molar-refractivity contribution in [2.24, 2.45) is 0 Å². The van der Waals surface area contributed by atoms with Crippen molar-refractivity contribution >= 4 is 5.91 Å². The molecule has 0 aliphatic heterocycles. The van der Waals surface area contributed by atoms with Crippen molar-refractivity contribution in [3.8, 4) is 5.75 Å². The summed E-state index contributed by atoms with van der Waals surface area (Å²) in [4.78, 5) is 16.2. The number of hydrogen-bond donors (Lipinski definition) is 0. The molecular weight excluding hydrogens is 408 g/mol. The summed E-state index contributed by atoms with van der Waals surface area (Å²) in [6.07, 6.45) is 4.17. The first-order valence-corrected chi connectivity index (χ1v) is 11.8. The maximum absolute atomic E-state index is 12.3. The Morgan fingerprint density at radius 3 is 1.97 bits per heavy atom. The Labute approximate surface area is 198 Å². The van der Waals surface area contributed by atoms with Gasteiger partial charge in [-0.05, 0) is 54.5 Å². The number of amides is 1. The number of ether oxygens (including phenoxy) is 1. The quantitative estimate of drug-likeness (QED) is 0.339. The highest BCUT2D eigenvalue weighted by atomic mass is 16.5. The molecular formula is C29H36N2O2. The second-order valence-electron chi connectivity index (χ2n) is 8.67. The van der Waals surface area contributed by atoms with Crippen LogP contribution in [0, 0.1) is 0 Å². The van der Waals surface area contributed by atoms with Gasteiger partial charge in [-0.2, -0.15) is 0 Å². The average Bonchev–Trinajstić information content (AvgIpc) is 2.84. The Morgan fingerprint density at radius 1 is 0.727 bits per heavy atom. The minimum Gasteiger partial charge on any atom is -0.494 e. The maximum atomic E-state index is 12.3. The lowest BCUT2D eigenvalue weighted by atomic mass is 10.1. The first-order chi connectivity index (χ1) is 16.1. The number of rotatable bonds is 13. The molecule has 33 heavy (non-hydrogen) atoms. The van der Waals surface area contributed by atoms with E-state index in [1.165, 1.54) is 16.7 Å². The standard InChI is InChI=1S/C29H36N2O2/c1-30(2)29(32)24-31(23-27-14-7-4-8-15-27)21-20-26-16-18-28(19-17-26)33-22-10-9-13-25-11-5-3-6-12-25/h3-8,11-12,14-19H,9-10,13,20-24H2,1-2H3. The molecule has 0 aromatic heterocycles. The van der Waals surface area contributed by atoms with Crippen LogP contribution in [0.3, 0.4) is 0 Å². The Morgan fingerprint density at radius 2 is 1.33 bits per heavy atom. The van der Waals surface area contributed by atoms with Crippen LogP contribution in [0.25, 0.3) is 0 Å². The van der Waals surface area contributed by atoms with Crippen molar-refractivity contribution < 1.29 is 9.53 Å². The van der Waals surface area contributed by atoms with Gasteiger partial charge in [0.15, 0.2) is 0 Å². The number of unbranched alkanes of at least 4 members (excludes halogenated alkanes) is 1. The molecule has 3 rings (SSSR count). The second kappa shape index (κ2) is 13.4. The van der Waals surface area contributed by atoms with E-state index in [0.717, 1.165) is 51.1 Å². The third-order valence-electron chi connectivity index (χ3n) is 5.72. The average molecular weight is 445 g/mol. The van der Waals surface area contributed by atoms with Crippen LogP contribution in [0.15, 0.2) is 84.9 Å². The molecule has 0 bridgehead atoms. The molecule has 0 saturated carbocycles. The Balaban J connectivity index is 1.43. The second-order valence-corrected chi connectivity index (χ2v) is 8.67. The topological polar surface area (TPSA) is 32.8 Å². The van der Waals surface area contributed by atoms with Crippen LogP contribution in [0.1, 0.15) is 29.5 Å². The number of carbonyl (C=O) groups is 1. The number of nitrogens with zero attached hydrogens (tertiary/aromatic N) is 2. The molecule has 174 valence electrons. The van der Waals surface area contributed by atoms with Crippen molar-refractivity contribution in [1.82, 2.24) is 9.80 Å². The van der Waals surface area contributed by atoms with Crippen molar-refractivity contribution in [3.63, 3.8) is 0 Å². The predicted octanol–water partition coefficient (Wildman–Crippen LogP) is 5.22. The van der Waals surface area contributed by atoms with Crippen LogP contribution in [0.2, 0.25) is 0 Å². The molecule has 0 radical (unpaired) electrons. The summed E-state index contributed by atoms with van der Waals surface area (Å²) in [7, 11) is 3.62. The zero-order valence-corrected chi connectivity index (χ0v) is 20.0. The molecule has 0 spiro atoms. The maximum Gasteiger partial charge on any atom is 0.236 e. The molecule has 4 nitrogen and oxygen atoms in total. The van der Waals surface area contributed by atoms with E-state index in [-0.39, 0.29) is 5.91 Å². The van der Waals surface area contributed by atoms with Gasteiger partial charge in [0, 0.05) is 27.2 Å². The summed E-state index contributed by atoms with van der Waals surface area (Å²) in [5, 5.41) is 0. The molecule has 3 aromatic rings. The fourth-order valence-corrected chi connectivity index (χ4v) is 3.69. The monoisotopic (exact) mass is 444 g/mol. The zero-order chi connectivity index (χ0) is 23.3. The van der Waals surface area contributed by atoms with E-state index in [2.05, 4.69) is 71.6 Å². The Bertz CT molecular complexity index is 940. The predicted molar refractivity (Wildman–Crippen MR) is 135 cm³/mol. The molecule has 3 aromatic carbocycles. The van der Waals surface area contributed by atoms with Gasteiger partial charge >= 0.3 is 0 Å². The van der Waals surface area contributed by atoms with Gasteiger partial charge in [0.2, 0.25) is 5.91 Å². The third-order valence-corrected chi connectivity index (χ3v) is 5.72. The van der Waals surface area contributed by atoms with Gasteiger partial charge in [0.25, 0.3) is 0 Å². The van der Waals surface area contributed by atoms with Gasteiger partial charge < -0.3 is 9.64 Å². The van der Waals surface area contributed by atoms with E-state index in [4.69, 9.17) is 4.74 Å². The Kier molecular flexibility index (Phi) is 9.99. The van der Waals surface area contributed by atoms with Crippen molar-refractivity contribution in [2.75, 3.05) is 33.8 Å². The SMILES string of the molecule is CN(C)C(=O)CN(CCc1ccc(OCCCCc2ccccc2)cc1)Cc1ccccc1. The van der Waals surface area contributed by atoms with Crippen LogP contribution in [0.5, 0.6) is 5.75 Å². The smallest absolute Gasteiger partial charge is 0.236 e. The molecule has 0 unspecified atom stereocenters. The van der Waals surface area contributed by atoms with E-state index in [1.807, 2.05) is 32.3 Å². The number of benzene rings is 3. The molecule has 0 N–H and O–H groups in total. The lowest BCUT2D eigenvalue weighted by Crippen LogP contribution is -2.37. The van der Waals surface area contributed by atoms with Gasteiger partial charge in [-0.15, -0.1) is 0 Å². The molecule has 1 amide bonds. The first-order valence-electron chi connectivity index (χ1n) is 11.8. The van der Waals surface area contributed by atoms with Gasteiger partial charge in [-0.25, -0.2) is 0 Å². The largest absolute Gasteiger partial charge is 0.494 e. The van der Waals surface area contributed by atoms with E-state index >= 15 is 0 Å². The normalized spacial score (nSPS) is 10.9. The van der Waals surface area contributed by atoms with Crippen molar-refractivity contribution in [1.29, 1.82) is 0 Å². The van der Waals surface area contributed by atoms with E-state index in [0.29, 0.717) is 6.54 Å². The molecule has 0 saturated heterocycles. The molecule has 0 aliphatic rings. The Hall–Kier alpha value is -3.11. The van der Waals surface area contributed by atoms with Crippen LogP contribution in [-0.2, 0) is 24.2 Å². The fourth-order valence-electron chi connectivity index (χ4n) is 3.69. The molecule has 0 heterocycles. The molecule has 4 heteroatoms. The summed E-state index contributed by atoms with van der Waals surface area (Å²) < 4.78 is 5.92. The number of aryl methyl sites for hydroxylation is 1.